The predicted octanol–water partition coefficient (Wildman–Crippen LogP) is 5.10. The average Bonchev–Trinajstić information content (AvgIpc) is 2.96. The molecule has 0 radical (unpaired) electrons. The van der Waals surface area contributed by atoms with E-state index in [4.69, 9.17) is 9.72 Å². The minimum Gasteiger partial charge on any atom is -0.493 e. The van der Waals surface area contributed by atoms with Crippen molar-refractivity contribution in [2.45, 2.75) is 32.7 Å². The van der Waals surface area contributed by atoms with Crippen molar-refractivity contribution < 1.29 is 4.74 Å². The second-order valence-electron chi connectivity index (χ2n) is 6.05. The van der Waals surface area contributed by atoms with Gasteiger partial charge in [-0.2, -0.15) is 0 Å². The van der Waals surface area contributed by atoms with Crippen molar-refractivity contribution >= 4 is 26.7 Å². The second-order valence-corrected chi connectivity index (χ2v) is 7.08. The van der Waals surface area contributed by atoms with Gasteiger partial charge in [0.1, 0.15) is 5.75 Å². The molecular weight excluding hydrogens is 304 g/mol. The number of rotatable bonds is 3. The molecule has 118 valence electrons. The van der Waals surface area contributed by atoms with Gasteiger partial charge in [0.25, 0.3) is 0 Å². The van der Waals surface area contributed by atoms with Crippen molar-refractivity contribution in [2.75, 3.05) is 11.9 Å². The van der Waals surface area contributed by atoms with Crippen molar-refractivity contribution in [3.8, 4) is 5.75 Å². The molecular formula is C19H20N2OS. The Morgan fingerprint density at radius 1 is 1.26 bits per heavy atom. The van der Waals surface area contributed by atoms with Crippen LogP contribution in [0.2, 0.25) is 0 Å². The molecule has 3 nitrogen and oxygen atoms in total. The van der Waals surface area contributed by atoms with E-state index in [1.54, 1.807) is 11.3 Å². The molecule has 0 bridgehead atoms. The molecule has 1 aromatic heterocycles. The summed E-state index contributed by atoms with van der Waals surface area (Å²) in [7, 11) is 0. The first-order valence-electron chi connectivity index (χ1n) is 8.12. The fourth-order valence-electron chi connectivity index (χ4n) is 3.06. The van der Waals surface area contributed by atoms with Crippen molar-refractivity contribution in [1.29, 1.82) is 0 Å². The van der Waals surface area contributed by atoms with Gasteiger partial charge in [-0.05, 0) is 37.1 Å². The van der Waals surface area contributed by atoms with Gasteiger partial charge in [-0.15, -0.1) is 0 Å². The van der Waals surface area contributed by atoms with Crippen molar-refractivity contribution in [3.63, 3.8) is 0 Å². The third-order valence-corrected chi connectivity index (χ3v) is 5.31. The van der Waals surface area contributed by atoms with Crippen LogP contribution in [-0.4, -0.2) is 11.6 Å². The molecule has 2 aromatic carbocycles. The Kier molecular flexibility index (Phi) is 3.69. The maximum Gasteiger partial charge on any atom is 0.184 e. The fraction of sp³-hybridized carbons (Fsp3) is 0.316. The number of thiazole rings is 1. The monoisotopic (exact) mass is 324 g/mol. The Morgan fingerprint density at radius 2 is 2.17 bits per heavy atom. The maximum atomic E-state index is 5.78. The summed E-state index contributed by atoms with van der Waals surface area (Å²) in [5.74, 6) is 0.994. The van der Waals surface area contributed by atoms with Crippen LogP contribution in [0.25, 0.3) is 10.2 Å². The highest BCUT2D eigenvalue weighted by molar-refractivity contribution is 7.22. The van der Waals surface area contributed by atoms with Gasteiger partial charge in [-0.1, -0.05) is 42.0 Å². The molecule has 1 atom stereocenters. The molecule has 2 heterocycles. The first-order valence-corrected chi connectivity index (χ1v) is 8.94. The molecule has 4 rings (SSSR count). The van der Waals surface area contributed by atoms with E-state index in [9.17, 15) is 0 Å². The third-order valence-electron chi connectivity index (χ3n) is 4.36. The van der Waals surface area contributed by atoms with Crippen LogP contribution < -0.4 is 10.1 Å². The summed E-state index contributed by atoms with van der Waals surface area (Å²) in [6, 6.07) is 13.2. The largest absolute Gasteiger partial charge is 0.493 e. The topological polar surface area (TPSA) is 34.2 Å². The quantitative estimate of drug-likeness (QED) is 0.727. The second kappa shape index (κ2) is 5.85. The Balaban J connectivity index is 1.65. The van der Waals surface area contributed by atoms with Crippen LogP contribution >= 0.6 is 11.3 Å². The molecule has 3 aromatic rings. The van der Waals surface area contributed by atoms with Crippen LogP contribution in [0.5, 0.6) is 5.75 Å². The van der Waals surface area contributed by atoms with Crippen LogP contribution in [0.1, 0.15) is 36.1 Å². The summed E-state index contributed by atoms with van der Waals surface area (Å²) in [6.45, 7) is 5.05. The number of hydrogen-bond acceptors (Lipinski definition) is 4. The first-order chi connectivity index (χ1) is 11.2. The number of nitrogens with zero attached hydrogens (tertiary/aromatic N) is 1. The summed E-state index contributed by atoms with van der Waals surface area (Å²) in [5, 5.41) is 4.61. The van der Waals surface area contributed by atoms with E-state index in [-0.39, 0.29) is 6.04 Å². The SMILES string of the molecule is CCc1ccc2nc(NC3CCOc4ccc(C)cc43)sc2c1. The molecule has 0 spiro atoms. The highest BCUT2D eigenvalue weighted by Crippen LogP contribution is 2.37. The summed E-state index contributed by atoms with van der Waals surface area (Å²) in [5.41, 5.74) is 4.94. The molecule has 0 saturated heterocycles. The van der Waals surface area contributed by atoms with Gasteiger partial charge in [0.2, 0.25) is 0 Å². The van der Waals surface area contributed by atoms with Crippen molar-refractivity contribution in [3.05, 3.63) is 53.1 Å². The normalized spacial score (nSPS) is 16.9. The summed E-state index contributed by atoms with van der Waals surface area (Å²) < 4.78 is 7.03. The number of hydrogen-bond donors (Lipinski definition) is 1. The lowest BCUT2D eigenvalue weighted by atomic mass is 9.99. The molecule has 1 aliphatic rings. The molecule has 1 unspecified atom stereocenters. The van der Waals surface area contributed by atoms with Crippen LogP contribution in [0, 0.1) is 6.92 Å². The number of benzene rings is 2. The molecule has 4 heteroatoms. The third kappa shape index (κ3) is 2.79. The van der Waals surface area contributed by atoms with Gasteiger partial charge in [-0.25, -0.2) is 4.98 Å². The van der Waals surface area contributed by atoms with E-state index in [1.807, 2.05) is 0 Å². The number of ether oxygens (including phenoxy) is 1. The smallest absolute Gasteiger partial charge is 0.184 e. The molecule has 1 aliphatic heterocycles. The van der Waals surface area contributed by atoms with Crippen molar-refractivity contribution in [2.24, 2.45) is 0 Å². The van der Waals surface area contributed by atoms with Crippen molar-refractivity contribution in [1.82, 2.24) is 4.98 Å². The van der Waals surface area contributed by atoms with Crippen LogP contribution in [0.3, 0.4) is 0 Å². The van der Waals surface area contributed by atoms with Crippen LogP contribution in [0.15, 0.2) is 36.4 Å². The Hall–Kier alpha value is -2.07. The van der Waals surface area contributed by atoms with E-state index in [0.717, 1.165) is 35.8 Å². The molecule has 0 aliphatic carbocycles. The Bertz CT molecular complexity index is 856. The lowest BCUT2D eigenvalue weighted by molar-refractivity contribution is 0.274. The van der Waals surface area contributed by atoms with E-state index in [2.05, 4.69) is 55.6 Å². The molecule has 0 amide bonds. The van der Waals surface area contributed by atoms with E-state index < -0.39 is 0 Å². The molecule has 0 fully saturated rings. The zero-order chi connectivity index (χ0) is 15.8. The zero-order valence-electron chi connectivity index (χ0n) is 13.4. The van der Waals surface area contributed by atoms with Gasteiger partial charge in [0.05, 0.1) is 22.9 Å². The van der Waals surface area contributed by atoms with Gasteiger partial charge in [-0.3, -0.25) is 0 Å². The Labute approximate surface area is 140 Å². The summed E-state index contributed by atoms with van der Waals surface area (Å²) in [4.78, 5) is 4.74. The fourth-order valence-corrected chi connectivity index (χ4v) is 4.05. The molecule has 23 heavy (non-hydrogen) atoms. The highest BCUT2D eigenvalue weighted by atomic mass is 32.1. The highest BCUT2D eigenvalue weighted by Gasteiger charge is 2.22. The first kappa shape index (κ1) is 14.5. The van der Waals surface area contributed by atoms with Gasteiger partial charge in [0.15, 0.2) is 5.13 Å². The van der Waals surface area contributed by atoms with E-state index in [1.165, 1.54) is 21.4 Å². The number of anilines is 1. The number of nitrogens with one attached hydrogen (secondary N) is 1. The van der Waals surface area contributed by atoms with Gasteiger partial charge < -0.3 is 10.1 Å². The summed E-state index contributed by atoms with van der Waals surface area (Å²) in [6.07, 6.45) is 2.02. The standard InChI is InChI=1S/C19H20N2OS/c1-3-13-5-6-16-18(11-13)23-19(21-16)20-15-8-9-22-17-7-4-12(2)10-14(15)17/h4-7,10-11,15H,3,8-9H2,1-2H3,(H,20,21). The number of fused-ring (bicyclic) bond motifs is 2. The average molecular weight is 324 g/mol. The minimum atomic E-state index is 0.268. The van der Waals surface area contributed by atoms with Gasteiger partial charge in [0, 0.05) is 12.0 Å². The Morgan fingerprint density at radius 3 is 3.04 bits per heavy atom. The zero-order valence-corrected chi connectivity index (χ0v) is 14.2. The maximum absolute atomic E-state index is 5.78. The van der Waals surface area contributed by atoms with E-state index >= 15 is 0 Å². The lowest BCUT2D eigenvalue weighted by Crippen LogP contribution is -2.20. The minimum absolute atomic E-state index is 0.268. The number of aromatic nitrogens is 1. The summed E-state index contributed by atoms with van der Waals surface area (Å²) >= 11 is 1.74. The lowest BCUT2D eigenvalue weighted by Gasteiger charge is -2.26. The predicted molar refractivity (Wildman–Crippen MR) is 96.7 cm³/mol. The molecule has 0 saturated carbocycles. The van der Waals surface area contributed by atoms with Gasteiger partial charge >= 0.3 is 0 Å². The van der Waals surface area contributed by atoms with E-state index in [0.29, 0.717) is 0 Å². The van der Waals surface area contributed by atoms with Crippen LogP contribution in [0.4, 0.5) is 5.13 Å². The number of aryl methyl sites for hydroxylation is 2. The molecule has 1 N–H and O–H groups in total. The van der Waals surface area contributed by atoms with Crippen LogP contribution in [-0.2, 0) is 6.42 Å².